The Morgan fingerprint density at radius 3 is 2.94 bits per heavy atom. The van der Waals surface area contributed by atoms with Crippen molar-refractivity contribution in [3.05, 3.63) is 41.2 Å². The van der Waals surface area contributed by atoms with Gasteiger partial charge < -0.3 is 10.2 Å². The molecule has 1 unspecified atom stereocenters. The standard InChI is InChI=1S/C12H13ClN2OS/c1-8(14)6-9-2-3-10(7-11(9)13)17-12-15-4-5-16-12/h2-5,7-8H,6,14H2,1H3. The Hall–Kier alpha value is -0.970. The van der Waals surface area contributed by atoms with Crippen molar-refractivity contribution < 1.29 is 4.42 Å². The molecule has 0 aliphatic carbocycles. The summed E-state index contributed by atoms with van der Waals surface area (Å²) in [4.78, 5) is 5.05. The fraction of sp³-hybridized carbons (Fsp3) is 0.250. The number of halogens is 1. The van der Waals surface area contributed by atoms with Crippen molar-refractivity contribution in [3.63, 3.8) is 0 Å². The Kier molecular flexibility index (Phi) is 4.10. The van der Waals surface area contributed by atoms with Crippen molar-refractivity contribution in [2.24, 2.45) is 5.73 Å². The quantitative estimate of drug-likeness (QED) is 0.924. The number of hydrogen-bond acceptors (Lipinski definition) is 4. The second kappa shape index (κ2) is 5.58. The molecule has 5 heteroatoms. The molecule has 17 heavy (non-hydrogen) atoms. The van der Waals surface area contributed by atoms with Gasteiger partial charge in [0.05, 0.1) is 6.20 Å². The van der Waals surface area contributed by atoms with E-state index in [-0.39, 0.29) is 6.04 Å². The molecule has 0 fully saturated rings. The Labute approximate surface area is 109 Å². The predicted molar refractivity (Wildman–Crippen MR) is 69.4 cm³/mol. The van der Waals surface area contributed by atoms with Gasteiger partial charge in [-0.1, -0.05) is 17.7 Å². The van der Waals surface area contributed by atoms with E-state index in [1.54, 1.807) is 12.5 Å². The molecule has 0 spiro atoms. The molecule has 1 atom stereocenters. The third-order valence-corrected chi connectivity index (χ3v) is 3.40. The largest absolute Gasteiger partial charge is 0.440 e. The SMILES string of the molecule is CC(N)Cc1ccc(Sc2ncco2)cc1Cl. The monoisotopic (exact) mass is 268 g/mol. The Balaban J connectivity index is 2.13. The summed E-state index contributed by atoms with van der Waals surface area (Å²) < 4.78 is 5.16. The van der Waals surface area contributed by atoms with Crippen LogP contribution in [0.25, 0.3) is 0 Å². The van der Waals surface area contributed by atoms with Crippen molar-refractivity contribution in [2.75, 3.05) is 0 Å². The number of benzene rings is 1. The number of hydrogen-bond donors (Lipinski definition) is 1. The molecule has 1 heterocycles. The molecule has 0 radical (unpaired) electrons. The maximum atomic E-state index is 6.19. The highest BCUT2D eigenvalue weighted by atomic mass is 35.5. The summed E-state index contributed by atoms with van der Waals surface area (Å²) in [6.45, 7) is 1.96. The van der Waals surface area contributed by atoms with Gasteiger partial charge in [-0.2, -0.15) is 0 Å². The van der Waals surface area contributed by atoms with Crippen LogP contribution in [-0.2, 0) is 6.42 Å². The lowest BCUT2D eigenvalue weighted by Crippen LogP contribution is -2.17. The van der Waals surface area contributed by atoms with Crippen molar-refractivity contribution in [2.45, 2.75) is 29.5 Å². The topological polar surface area (TPSA) is 52.0 Å². The zero-order valence-corrected chi connectivity index (χ0v) is 11.0. The average Bonchev–Trinajstić information content (AvgIpc) is 2.74. The number of nitrogens with zero attached hydrogens (tertiary/aromatic N) is 1. The molecule has 1 aromatic carbocycles. The second-order valence-electron chi connectivity index (χ2n) is 3.83. The van der Waals surface area contributed by atoms with Gasteiger partial charge in [0.1, 0.15) is 6.26 Å². The van der Waals surface area contributed by atoms with Crippen LogP contribution in [0.1, 0.15) is 12.5 Å². The van der Waals surface area contributed by atoms with Crippen LogP contribution in [0.3, 0.4) is 0 Å². The summed E-state index contributed by atoms with van der Waals surface area (Å²) in [5.74, 6) is 0. The molecular weight excluding hydrogens is 256 g/mol. The van der Waals surface area contributed by atoms with Gasteiger partial charge in [0, 0.05) is 16.0 Å². The van der Waals surface area contributed by atoms with Gasteiger partial charge in [-0.15, -0.1) is 0 Å². The normalized spacial score (nSPS) is 12.6. The van der Waals surface area contributed by atoms with Crippen LogP contribution < -0.4 is 5.73 Å². The van der Waals surface area contributed by atoms with Crippen LogP contribution in [0.2, 0.25) is 5.02 Å². The molecular formula is C12H13ClN2OS. The lowest BCUT2D eigenvalue weighted by Gasteiger charge is -2.08. The van der Waals surface area contributed by atoms with Gasteiger partial charge in [-0.05, 0) is 42.8 Å². The summed E-state index contributed by atoms with van der Waals surface area (Å²) in [6.07, 6.45) is 3.95. The minimum absolute atomic E-state index is 0.109. The highest BCUT2D eigenvalue weighted by Gasteiger charge is 2.07. The van der Waals surface area contributed by atoms with Crippen LogP contribution in [0.4, 0.5) is 0 Å². The summed E-state index contributed by atoms with van der Waals surface area (Å²) in [7, 11) is 0. The lowest BCUT2D eigenvalue weighted by molar-refractivity contribution is 0.454. The zero-order valence-electron chi connectivity index (χ0n) is 9.39. The van der Waals surface area contributed by atoms with Gasteiger partial charge in [-0.3, -0.25) is 0 Å². The smallest absolute Gasteiger partial charge is 0.260 e. The molecule has 1 aromatic heterocycles. The first-order chi connectivity index (χ1) is 8.15. The first-order valence-electron chi connectivity index (χ1n) is 5.26. The molecule has 0 aliphatic rings. The summed E-state index contributed by atoms with van der Waals surface area (Å²) in [6, 6.07) is 6.02. The molecule has 0 bridgehead atoms. The van der Waals surface area contributed by atoms with E-state index in [0.29, 0.717) is 5.22 Å². The number of rotatable bonds is 4. The van der Waals surface area contributed by atoms with Crippen LogP contribution in [0, 0.1) is 0 Å². The molecule has 90 valence electrons. The van der Waals surface area contributed by atoms with Gasteiger partial charge in [0.2, 0.25) is 0 Å². The van der Waals surface area contributed by atoms with E-state index >= 15 is 0 Å². The lowest BCUT2D eigenvalue weighted by atomic mass is 10.1. The summed E-state index contributed by atoms with van der Waals surface area (Å²) in [5, 5.41) is 1.35. The van der Waals surface area contributed by atoms with E-state index in [1.807, 2.05) is 25.1 Å². The molecule has 0 saturated carbocycles. The van der Waals surface area contributed by atoms with Crippen molar-refractivity contribution in [3.8, 4) is 0 Å². The minimum atomic E-state index is 0.109. The third kappa shape index (κ3) is 3.49. The summed E-state index contributed by atoms with van der Waals surface area (Å²) in [5.41, 5.74) is 6.82. The van der Waals surface area contributed by atoms with Crippen LogP contribution >= 0.6 is 23.4 Å². The zero-order chi connectivity index (χ0) is 12.3. The number of aromatic nitrogens is 1. The molecule has 2 aromatic rings. The van der Waals surface area contributed by atoms with E-state index in [2.05, 4.69) is 4.98 Å². The molecule has 0 saturated heterocycles. The molecule has 2 rings (SSSR count). The first kappa shape index (κ1) is 12.5. The van der Waals surface area contributed by atoms with Gasteiger partial charge in [0.25, 0.3) is 5.22 Å². The van der Waals surface area contributed by atoms with Gasteiger partial charge in [0.15, 0.2) is 0 Å². The predicted octanol–water partition coefficient (Wildman–Crippen LogP) is 3.37. The highest BCUT2D eigenvalue weighted by Crippen LogP contribution is 2.30. The third-order valence-electron chi connectivity index (χ3n) is 2.18. The fourth-order valence-corrected chi connectivity index (χ4v) is 2.52. The summed E-state index contributed by atoms with van der Waals surface area (Å²) >= 11 is 7.64. The van der Waals surface area contributed by atoms with Crippen molar-refractivity contribution >= 4 is 23.4 Å². The van der Waals surface area contributed by atoms with Gasteiger partial charge in [-0.25, -0.2) is 4.98 Å². The fourth-order valence-electron chi connectivity index (χ4n) is 1.47. The van der Waals surface area contributed by atoms with Crippen LogP contribution in [0.5, 0.6) is 0 Å². The van der Waals surface area contributed by atoms with Crippen LogP contribution in [-0.4, -0.2) is 11.0 Å². The Morgan fingerprint density at radius 1 is 1.53 bits per heavy atom. The van der Waals surface area contributed by atoms with E-state index in [1.165, 1.54) is 11.8 Å². The van der Waals surface area contributed by atoms with Crippen LogP contribution in [0.15, 0.2) is 45.2 Å². The molecule has 2 N–H and O–H groups in total. The first-order valence-corrected chi connectivity index (χ1v) is 6.46. The maximum absolute atomic E-state index is 6.19. The molecule has 3 nitrogen and oxygen atoms in total. The van der Waals surface area contributed by atoms with E-state index in [0.717, 1.165) is 21.9 Å². The van der Waals surface area contributed by atoms with E-state index in [9.17, 15) is 0 Å². The van der Waals surface area contributed by atoms with E-state index < -0.39 is 0 Å². The van der Waals surface area contributed by atoms with Gasteiger partial charge >= 0.3 is 0 Å². The molecule has 0 aliphatic heterocycles. The Bertz CT molecular complexity index is 485. The minimum Gasteiger partial charge on any atom is -0.440 e. The van der Waals surface area contributed by atoms with E-state index in [4.69, 9.17) is 21.8 Å². The number of oxazole rings is 1. The highest BCUT2D eigenvalue weighted by molar-refractivity contribution is 7.99. The average molecular weight is 269 g/mol. The van der Waals surface area contributed by atoms with Crippen molar-refractivity contribution in [1.82, 2.24) is 4.98 Å². The Morgan fingerprint density at radius 2 is 2.35 bits per heavy atom. The molecule has 0 amide bonds. The number of nitrogens with two attached hydrogens (primary N) is 1. The van der Waals surface area contributed by atoms with Crippen molar-refractivity contribution in [1.29, 1.82) is 0 Å². The second-order valence-corrected chi connectivity index (χ2v) is 5.27. The maximum Gasteiger partial charge on any atom is 0.260 e.